The van der Waals surface area contributed by atoms with Gasteiger partial charge < -0.3 is 10.5 Å². The standard InChI is InChI=1S/C16H17NO2S/c1-10-7-8-12(9-11(10)2)20-14-6-4-5-13(15(14)17)16(18)19-3/h4-9H,17H2,1-3H3. The number of nitrogens with two attached hydrogens (primary N) is 1. The summed E-state index contributed by atoms with van der Waals surface area (Å²) in [6.45, 7) is 4.16. The average molecular weight is 287 g/mol. The minimum Gasteiger partial charge on any atom is -0.465 e. The highest BCUT2D eigenvalue weighted by Crippen LogP contribution is 2.34. The van der Waals surface area contributed by atoms with Crippen molar-refractivity contribution in [2.24, 2.45) is 0 Å². The van der Waals surface area contributed by atoms with Crippen molar-refractivity contribution in [1.29, 1.82) is 0 Å². The third kappa shape index (κ3) is 2.96. The van der Waals surface area contributed by atoms with E-state index >= 15 is 0 Å². The van der Waals surface area contributed by atoms with Crippen molar-refractivity contribution in [1.82, 2.24) is 0 Å². The number of nitrogen functional groups attached to an aromatic ring is 1. The Morgan fingerprint density at radius 1 is 1.15 bits per heavy atom. The third-order valence-electron chi connectivity index (χ3n) is 3.18. The van der Waals surface area contributed by atoms with Gasteiger partial charge in [0.25, 0.3) is 0 Å². The molecule has 0 fully saturated rings. The van der Waals surface area contributed by atoms with Crippen molar-refractivity contribution >= 4 is 23.4 Å². The third-order valence-corrected chi connectivity index (χ3v) is 4.24. The van der Waals surface area contributed by atoms with E-state index in [1.165, 1.54) is 18.2 Å². The molecule has 0 spiro atoms. The first-order valence-corrected chi connectivity index (χ1v) is 7.06. The molecular formula is C16H17NO2S. The maximum atomic E-state index is 11.6. The Kier molecular flexibility index (Phi) is 4.35. The first-order chi connectivity index (χ1) is 9.52. The minimum atomic E-state index is -0.412. The van der Waals surface area contributed by atoms with Crippen LogP contribution in [0.4, 0.5) is 5.69 Å². The number of hydrogen-bond acceptors (Lipinski definition) is 4. The number of carbonyl (C=O) groups is 1. The summed E-state index contributed by atoms with van der Waals surface area (Å²) in [7, 11) is 1.35. The van der Waals surface area contributed by atoms with Gasteiger partial charge in [-0.05, 0) is 49.2 Å². The van der Waals surface area contributed by atoms with Gasteiger partial charge in [-0.2, -0.15) is 0 Å². The lowest BCUT2D eigenvalue weighted by molar-refractivity contribution is 0.0601. The number of ether oxygens (including phenoxy) is 1. The van der Waals surface area contributed by atoms with E-state index in [1.54, 1.807) is 17.8 Å². The maximum absolute atomic E-state index is 11.6. The molecule has 2 aromatic carbocycles. The van der Waals surface area contributed by atoms with E-state index in [9.17, 15) is 4.79 Å². The number of anilines is 1. The van der Waals surface area contributed by atoms with E-state index < -0.39 is 5.97 Å². The summed E-state index contributed by atoms with van der Waals surface area (Å²) in [5.41, 5.74) is 9.41. The average Bonchev–Trinajstić information content (AvgIpc) is 2.44. The van der Waals surface area contributed by atoms with Gasteiger partial charge in [0.15, 0.2) is 0 Å². The van der Waals surface area contributed by atoms with Crippen LogP contribution in [0.1, 0.15) is 21.5 Å². The summed E-state index contributed by atoms with van der Waals surface area (Å²) < 4.78 is 4.73. The van der Waals surface area contributed by atoms with E-state index in [2.05, 4.69) is 32.0 Å². The normalized spacial score (nSPS) is 10.3. The molecule has 20 heavy (non-hydrogen) atoms. The van der Waals surface area contributed by atoms with E-state index in [0.717, 1.165) is 9.79 Å². The van der Waals surface area contributed by atoms with E-state index in [-0.39, 0.29) is 0 Å². The molecule has 0 radical (unpaired) electrons. The van der Waals surface area contributed by atoms with Crippen LogP contribution < -0.4 is 5.73 Å². The Labute approximate surface area is 123 Å². The fraction of sp³-hybridized carbons (Fsp3) is 0.188. The molecule has 2 N–H and O–H groups in total. The van der Waals surface area contributed by atoms with Gasteiger partial charge in [-0.3, -0.25) is 0 Å². The zero-order chi connectivity index (χ0) is 14.7. The Morgan fingerprint density at radius 3 is 2.55 bits per heavy atom. The number of benzene rings is 2. The van der Waals surface area contributed by atoms with Gasteiger partial charge in [-0.25, -0.2) is 4.79 Å². The molecule has 0 unspecified atom stereocenters. The number of esters is 1. The summed E-state index contributed by atoms with van der Waals surface area (Å²) >= 11 is 1.55. The molecule has 0 aromatic heterocycles. The molecule has 0 aliphatic carbocycles. The first-order valence-electron chi connectivity index (χ1n) is 6.25. The van der Waals surface area contributed by atoms with Crippen LogP contribution in [0.2, 0.25) is 0 Å². The minimum absolute atomic E-state index is 0.404. The van der Waals surface area contributed by atoms with Gasteiger partial charge >= 0.3 is 5.97 Å². The fourth-order valence-electron chi connectivity index (χ4n) is 1.83. The van der Waals surface area contributed by atoms with Crippen LogP contribution in [0.5, 0.6) is 0 Å². The molecule has 2 aromatic rings. The molecule has 104 valence electrons. The smallest absolute Gasteiger partial charge is 0.339 e. The summed E-state index contributed by atoms with van der Waals surface area (Å²) in [5, 5.41) is 0. The summed E-state index contributed by atoms with van der Waals surface area (Å²) in [6, 6.07) is 11.6. The largest absolute Gasteiger partial charge is 0.465 e. The van der Waals surface area contributed by atoms with Crippen LogP contribution in [0.15, 0.2) is 46.2 Å². The SMILES string of the molecule is COC(=O)c1cccc(Sc2ccc(C)c(C)c2)c1N. The lowest BCUT2D eigenvalue weighted by Gasteiger charge is -2.10. The van der Waals surface area contributed by atoms with Crippen molar-refractivity contribution in [3.63, 3.8) is 0 Å². The summed E-state index contributed by atoms with van der Waals surface area (Å²) in [5.74, 6) is -0.412. The van der Waals surface area contributed by atoms with Gasteiger partial charge in [0.1, 0.15) is 0 Å². The molecule has 0 bridgehead atoms. The predicted octanol–water partition coefficient (Wildman–Crippen LogP) is 3.82. The summed E-state index contributed by atoms with van der Waals surface area (Å²) in [6.07, 6.45) is 0. The topological polar surface area (TPSA) is 52.3 Å². The second-order valence-electron chi connectivity index (χ2n) is 4.56. The Morgan fingerprint density at radius 2 is 1.90 bits per heavy atom. The van der Waals surface area contributed by atoms with Crippen molar-refractivity contribution in [3.8, 4) is 0 Å². The molecule has 4 heteroatoms. The molecule has 3 nitrogen and oxygen atoms in total. The quantitative estimate of drug-likeness (QED) is 0.688. The molecule has 0 amide bonds. The van der Waals surface area contributed by atoms with Crippen molar-refractivity contribution in [2.45, 2.75) is 23.6 Å². The van der Waals surface area contributed by atoms with Crippen LogP contribution in [-0.2, 0) is 4.74 Å². The Hall–Kier alpha value is -1.94. The molecule has 0 atom stereocenters. The van der Waals surface area contributed by atoms with Gasteiger partial charge in [0.2, 0.25) is 0 Å². The lowest BCUT2D eigenvalue weighted by atomic mass is 10.1. The lowest BCUT2D eigenvalue weighted by Crippen LogP contribution is -2.06. The van der Waals surface area contributed by atoms with Crippen LogP contribution in [-0.4, -0.2) is 13.1 Å². The highest BCUT2D eigenvalue weighted by molar-refractivity contribution is 7.99. The Bertz CT molecular complexity index is 653. The van der Waals surface area contributed by atoms with Crippen LogP contribution in [0.25, 0.3) is 0 Å². The van der Waals surface area contributed by atoms with Crippen LogP contribution in [0, 0.1) is 13.8 Å². The maximum Gasteiger partial charge on any atom is 0.339 e. The predicted molar refractivity (Wildman–Crippen MR) is 82.2 cm³/mol. The molecule has 0 saturated heterocycles. The second kappa shape index (κ2) is 6.01. The van der Waals surface area contributed by atoms with Crippen molar-refractivity contribution in [3.05, 3.63) is 53.1 Å². The highest BCUT2D eigenvalue weighted by Gasteiger charge is 2.13. The van der Waals surface area contributed by atoms with Crippen molar-refractivity contribution in [2.75, 3.05) is 12.8 Å². The van der Waals surface area contributed by atoms with E-state index in [0.29, 0.717) is 11.3 Å². The molecule has 0 aliphatic rings. The fourth-order valence-corrected chi connectivity index (χ4v) is 2.82. The monoisotopic (exact) mass is 287 g/mol. The summed E-state index contributed by atoms with van der Waals surface area (Å²) in [4.78, 5) is 13.6. The Balaban J connectivity index is 2.34. The van der Waals surface area contributed by atoms with E-state index in [4.69, 9.17) is 10.5 Å². The molecule has 2 rings (SSSR count). The molecular weight excluding hydrogens is 270 g/mol. The zero-order valence-corrected chi connectivity index (χ0v) is 12.6. The number of aryl methyl sites for hydroxylation is 2. The molecule has 0 saturated carbocycles. The molecule has 0 heterocycles. The number of methoxy groups -OCH3 is 1. The zero-order valence-electron chi connectivity index (χ0n) is 11.8. The van der Waals surface area contributed by atoms with Gasteiger partial charge in [0, 0.05) is 9.79 Å². The number of hydrogen-bond donors (Lipinski definition) is 1. The van der Waals surface area contributed by atoms with Crippen LogP contribution >= 0.6 is 11.8 Å². The van der Waals surface area contributed by atoms with Crippen LogP contribution in [0.3, 0.4) is 0 Å². The van der Waals surface area contributed by atoms with E-state index in [1.807, 2.05) is 12.1 Å². The number of para-hydroxylation sites is 1. The van der Waals surface area contributed by atoms with Gasteiger partial charge in [0.05, 0.1) is 18.4 Å². The second-order valence-corrected chi connectivity index (χ2v) is 5.67. The first kappa shape index (κ1) is 14.5. The van der Waals surface area contributed by atoms with Crippen molar-refractivity contribution < 1.29 is 9.53 Å². The highest BCUT2D eigenvalue weighted by atomic mass is 32.2. The van der Waals surface area contributed by atoms with Gasteiger partial charge in [-0.15, -0.1) is 0 Å². The molecule has 0 aliphatic heterocycles. The number of rotatable bonds is 3. The van der Waals surface area contributed by atoms with Gasteiger partial charge in [-0.1, -0.05) is 23.9 Å². The number of carbonyl (C=O) groups excluding carboxylic acids is 1.